The molecule has 156 valence electrons. The van der Waals surface area contributed by atoms with Gasteiger partial charge in [0, 0.05) is 0 Å². The smallest absolute Gasteiger partial charge is 0.384 e. The van der Waals surface area contributed by atoms with Crippen LogP contribution in [0.4, 0.5) is 0 Å². The van der Waals surface area contributed by atoms with E-state index in [0.717, 1.165) is 0 Å². The Morgan fingerprint density at radius 1 is 1.21 bits per heavy atom. The van der Waals surface area contributed by atoms with Crippen LogP contribution in [0.2, 0.25) is 0 Å². The van der Waals surface area contributed by atoms with Gasteiger partial charge < -0.3 is 19.8 Å². The van der Waals surface area contributed by atoms with Gasteiger partial charge in [-0.2, -0.15) is 0 Å². The van der Waals surface area contributed by atoms with Crippen LogP contribution in [-0.2, 0) is 19.6 Å². The van der Waals surface area contributed by atoms with Gasteiger partial charge in [0.1, 0.15) is 28.1 Å². The fourth-order valence-corrected chi connectivity index (χ4v) is 4.19. The Kier molecular flexibility index (Phi) is 4.57. The minimum atomic E-state index is -4.33. The molecule has 0 aromatic carbocycles. The van der Waals surface area contributed by atoms with Crippen molar-refractivity contribution in [3.05, 3.63) is 17.8 Å². The average Bonchev–Trinajstić information content (AvgIpc) is 2.99. The molecule has 5 atom stereocenters. The van der Waals surface area contributed by atoms with Crippen molar-refractivity contribution in [2.24, 2.45) is 5.50 Å². The number of rotatable bonds is 4. The minimum Gasteiger partial charge on any atom is -0.384 e. The molecule has 1 aliphatic heterocycles. The van der Waals surface area contributed by atoms with Gasteiger partial charge in [-0.05, 0) is 41.5 Å². The lowest BCUT2D eigenvalue weighted by Gasteiger charge is -2.42. The maximum Gasteiger partial charge on any atom is 0.400 e. The molecule has 1 aliphatic rings. The molecule has 0 spiro atoms. The summed E-state index contributed by atoms with van der Waals surface area (Å²) in [6.07, 6.45) is 1.45. The molecule has 2 aromatic rings. The molecule has 1 fully saturated rings. The van der Waals surface area contributed by atoms with Gasteiger partial charge in [0.25, 0.3) is 0 Å². The first kappa shape index (κ1) is 21.3. The van der Waals surface area contributed by atoms with Gasteiger partial charge in [0.05, 0.1) is 18.6 Å². The Bertz CT molecular complexity index is 985. The summed E-state index contributed by atoms with van der Waals surface area (Å²) in [6.45, 7) is 8.80. The molecule has 0 saturated carbocycles. The molecule has 11 nitrogen and oxygen atoms in total. The lowest BCUT2D eigenvalue weighted by Crippen LogP contribution is -2.63. The second-order valence-corrected chi connectivity index (χ2v) is 9.33. The zero-order valence-electron chi connectivity index (χ0n) is 16.7. The standard InChI is InChI=1S/C16H26N5O6P/c1-9-11-12(20-10(2)19-9)21(8-18-11)16(6)15(5,23)14(4,22)13(3,27-16)7-26-28(17,24)25/h8,22-23H,7H2,1-6H3,(H3,17,24,25). The molecule has 28 heavy (non-hydrogen) atoms. The number of aromatic nitrogens is 4. The number of ether oxygens (including phenoxy) is 1. The summed E-state index contributed by atoms with van der Waals surface area (Å²) >= 11 is 0. The van der Waals surface area contributed by atoms with Gasteiger partial charge >= 0.3 is 7.75 Å². The Hall–Kier alpha value is -1.46. The predicted molar refractivity (Wildman–Crippen MR) is 99.1 cm³/mol. The van der Waals surface area contributed by atoms with Crippen LogP contribution < -0.4 is 5.50 Å². The Balaban J connectivity index is 2.17. The van der Waals surface area contributed by atoms with E-state index < -0.39 is 36.9 Å². The molecule has 0 aliphatic carbocycles. The number of aliphatic hydroxyl groups is 2. The highest BCUT2D eigenvalue weighted by molar-refractivity contribution is 7.50. The van der Waals surface area contributed by atoms with Crippen molar-refractivity contribution in [1.29, 1.82) is 0 Å². The van der Waals surface area contributed by atoms with Crippen molar-refractivity contribution >= 4 is 18.9 Å². The van der Waals surface area contributed by atoms with E-state index in [2.05, 4.69) is 15.0 Å². The van der Waals surface area contributed by atoms with E-state index in [1.165, 1.54) is 31.7 Å². The quantitative estimate of drug-likeness (QED) is 0.516. The lowest BCUT2D eigenvalue weighted by molar-refractivity contribution is -0.191. The van der Waals surface area contributed by atoms with Crippen molar-refractivity contribution < 1.29 is 28.9 Å². The summed E-state index contributed by atoms with van der Waals surface area (Å²) in [5.41, 5.74) is -0.270. The number of imidazole rings is 1. The Labute approximate surface area is 162 Å². The van der Waals surface area contributed by atoms with E-state index >= 15 is 0 Å². The average molecular weight is 415 g/mol. The molecule has 3 rings (SSSR count). The van der Waals surface area contributed by atoms with E-state index in [1.54, 1.807) is 20.8 Å². The van der Waals surface area contributed by atoms with E-state index in [0.29, 0.717) is 22.7 Å². The highest BCUT2D eigenvalue weighted by Gasteiger charge is 2.73. The van der Waals surface area contributed by atoms with Crippen LogP contribution in [0.3, 0.4) is 0 Å². The molecular weight excluding hydrogens is 389 g/mol. The summed E-state index contributed by atoms with van der Waals surface area (Å²) in [7, 11) is -4.33. The molecule has 5 unspecified atom stereocenters. The van der Waals surface area contributed by atoms with E-state index in [4.69, 9.17) is 14.8 Å². The molecule has 5 N–H and O–H groups in total. The molecule has 3 heterocycles. The lowest BCUT2D eigenvalue weighted by atomic mass is 9.73. The first-order chi connectivity index (χ1) is 12.6. The van der Waals surface area contributed by atoms with E-state index in [-0.39, 0.29) is 0 Å². The van der Waals surface area contributed by atoms with Crippen LogP contribution in [0.1, 0.15) is 39.2 Å². The zero-order chi connectivity index (χ0) is 21.3. The summed E-state index contributed by atoms with van der Waals surface area (Å²) in [5.74, 6) is 0.509. The Morgan fingerprint density at radius 2 is 1.82 bits per heavy atom. The molecule has 1 saturated heterocycles. The van der Waals surface area contributed by atoms with Crippen LogP contribution in [0.15, 0.2) is 6.33 Å². The van der Waals surface area contributed by atoms with E-state index in [9.17, 15) is 19.7 Å². The van der Waals surface area contributed by atoms with Crippen LogP contribution in [-0.4, -0.2) is 58.0 Å². The highest BCUT2D eigenvalue weighted by atomic mass is 31.2. The van der Waals surface area contributed by atoms with Crippen LogP contribution in [0.25, 0.3) is 11.2 Å². The summed E-state index contributed by atoms with van der Waals surface area (Å²) < 4.78 is 23.9. The number of nitrogens with two attached hydrogens (primary N) is 1. The van der Waals surface area contributed by atoms with Gasteiger partial charge in [-0.25, -0.2) is 25.0 Å². The molecule has 12 heteroatoms. The molecule has 0 amide bonds. The van der Waals surface area contributed by atoms with Crippen LogP contribution >= 0.6 is 7.75 Å². The number of nitrogens with zero attached hydrogens (tertiary/aromatic N) is 4. The van der Waals surface area contributed by atoms with E-state index in [1.807, 2.05) is 0 Å². The first-order valence-electron chi connectivity index (χ1n) is 8.65. The number of hydrogen-bond donors (Lipinski definition) is 4. The summed E-state index contributed by atoms with van der Waals surface area (Å²) in [6, 6.07) is 0. The van der Waals surface area contributed by atoms with Crippen molar-refractivity contribution in [3.63, 3.8) is 0 Å². The third-order valence-electron chi connectivity index (χ3n) is 5.97. The maximum absolute atomic E-state index is 11.4. The molecule has 0 bridgehead atoms. The summed E-state index contributed by atoms with van der Waals surface area (Å²) in [4.78, 5) is 22.3. The highest BCUT2D eigenvalue weighted by Crippen LogP contribution is 2.56. The second kappa shape index (κ2) is 6.02. The Morgan fingerprint density at radius 3 is 2.39 bits per heavy atom. The largest absolute Gasteiger partial charge is 0.400 e. The van der Waals surface area contributed by atoms with Crippen molar-refractivity contribution in [1.82, 2.24) is 19.5 Å². The normalized spacial score (nSPS) is 38.1. The number of aryl methyl sites for hydroxylation is 2. The molecule has 2 aromatic heterocycles. The molecule has 0 radical (unpaired) electrons. The zero-order valence-corrected chi connectivity index (χ0v) is 17.6. The van der Waals surface area contributed by atoms with Crippen LogP contribution in [0.5, 0.6) is 0 Å². The molecular formula is C16H26N5O6P. The fourth-order valence-electron chi connectivity index (χ4n) is 3.76. The maximum atomic E-state index is 11.4. The van der Waals surface area contributed by atoms with Crippen molar-refractivity contribution in [2.45, 2.75) is 64.1 Å². The van der Waals surface area contributed by atoms with Crippen molar-refractivity contribution in [3.8, 4) is 0 Å². The summed E-state index contributed by atoms with van der Waals surface area (Å²) in [5, 5.41) is 22.6. The topological polar surface area (TPSA) is 166 Å². The van der Waals surface area contributed by atoms with Gasteiger partial charge in [0.2, 0.25) is 0 Å². The van der Waals surface area contributed by atoms with Gasteiger partial charge in [-0.1, -0.05) is 0 Å². The second-order valence-electron chi connectivity index (χ2n) is 7.94. The number of hydrogen-bond acceptors (Lipinski definition) is 8. The fraction of sp³-hybridized carbons (Fsp3) is 0.688. The predicted octanol–water partition coefficient (Wildman–Crippen LogP) is 0.482. The van der Waals surface area contributed by atoms with Gasteiger partial charge in [0.15, 0.2) is 11.4 Å². The SMILES string of the molecule is Cc1nc(C)c2ncn(C3(C)OC(C)(COP(N)(=O)O)C(C)(O)C3(C)O)c2n1. The monoisotopic (exact) mass is 415 g/mol. The van der Waals surface area contributed by atoms with Crippen molar-refractivity contribution in [2.75, 3.05) is 6.61 Å². The third-order valence-corrected chi connectivity index (χ3v) is 6.47. The third kappa shape index (κ3) is 2.81. The first-order valence-corrected chi connectivity index (χ1v) is 10.3. The van der Waals surface area contributed by atoms with Gasteiger partial charge in [-0.15, -0.1) is 0 Å². The van der Waals surface area contributed by atoms with Gasteiger partial charge in [-0.3, -0.25) is 9.09 Å². The minimum absolute atomic E-state index is 0.417. The van der Waals surface area contributed by atoms with Crippen LogP contribution in [0, 0.1) is 13.8 Å². The number of fused-ring (bicyclic) bond motifs is 1.